The first-order chi connectivity index (χ1) is 14.4. The van der Waals surface area contributed by atoms with E-state index < -0.39 is 47.0 Å². The fourth-order valence-electron chi connectivity index (χ4n) is 2.64. The normalized spacial score (nSPS) is 12.0. The van der Waals surface area contributed by atoms with Crippen molar-refractivity contribution in [3.63, 3.8) is 0 Å². The molecule has 0 radical (unpaired) electrons. The van der Waals surface area contributed by atoms with Gasteiger partial charge in [0, 0.05) is 10.6 Å². The lowest BCUT2D eigenvalue weighted by Gasteiger charge is -2.20. The van der Waals surface area contributed by atoms with Crippen LogP contribution in [0.15, 0.2) is 54.6 Å². The summed E-state index contributed by atoms with van der Waals surface area (Å²) in [5, 5.41) is 0.0189. The van der Waals surface area contributed by atoms with Crippen molar-refractivity contribution in [2.24, 2.45) is 0 Å². The van der Waals surface area contributed by atoms with Crippen LogP contribution in [-0.4, -0.2) is 6.36 Å². The van der Waals surface area contributed by atoms with Gasteiger partial charge in [0.15, 0.2) is 0 Å². The van der Waals surface area contributed by atoms with Crippen molar-refractivity contribution >= 4 is 11.6 Å². The van der Waals surface area contributed by atoms with Crippen LogP contribution in [0, 0.1) is 17.5 Å². The van der Waals surface area contributed by atoms with Crippen molar-refractivity contribution in [2.75, 3.05) is 0 Å². The van der Waals surface area contributed by atoms with Gasteiger partial charge in [0.1, 0.15) is 34.5 Å². The van der Waals surface area contributed by atoms with E-state index >= 15 is 0 Å². The molecule has 3 rings (SSSR count). The fraction of sp³-hybridized carbons (Fsp3) is 0.100. The lowest BCUT2D eigenvalue weighted by Crippen LogP contribution is -2.25. The molecule has 0 fully saturated rings. The Balaban J connectivity index is 1.89. The molecule has 0 atom stereocenters. The van der Waals surface area contributed by atoms with E-state index in [2.05, 4.69) is 9.47 Å². The second-order valence-electron chi connectivity index (χ2n) is 6.08. The number of rotatable bonds is 5. The van der Waals surface area contributed by atoms with Gasteiger partial charge in [-0.15, -0.1) is 13.2 Å². The molecular formula is C20H9ClF8O2. The first-order valence-corrected chi connectivity index (χ1v) is 8.61. The summed E-state index contributed by atoms with van der Waals surface area (Å²) in [5.74, 6) is -5.79. The molecule has 0 aliphatic rings. The largest absolute Gasteiger partial charge is 0.573 e. The van der Waals surface area contributed by atoms with Gasteiger partial charge in [0.2, 0.25) is 0 Å². The molecule has 0 aromatic heterocycles. The van der Waals surface area contributed by atoms with Gasteiger partial charge in [-0.25, -0.2) is 13.2 Å². The zero-order chi connectivity index (χ0) is 23.0. The van der Waals surface area contributed by atoms with Crippen LogP contribution >= 0.6 is 11.6 Å². The molecule has 0 saturated carbocycles. The monoisotopic (exact) mass is 468 g/mol. The summed E-state index contributed by atoms with van der Waals surface area (Å²) in [6.07, 6.45) is -9.54. The van der Waals surface area contributed by atoms with E-state index in [0.29, 0.717) is 36.4 Å². The minimum Gasteiger partial charge on any atom is -0.429 e. The number of hydrogen-bond donors (Lipinski definition) is 0. The molecule has 2 nitrogen and oxygen atoms in total. The van der Waals surface area contributed by atoms with Crippen molar-refractivity contribution in [3.8, 4) is 22.6 Å². The van der Waals surface area contributed by atoms with Crippen LogP contribution < -0.4 is 9.47 Å². The van der Waals surface area contributed by atoms with E-state index in [9.17, 15) is 35.1 Å². The van der Waals surface area contributed by atoms with Gasteiger partial charge in [0.05, 0.1) is 0 Å². The summed E-state index contributed by atoms with van der Waals surface area (Å²) in [6.45, 7) is 0. The van der Waals surface area contributed by atoms with Crippen LogP contribution in [0.5, 0.6) is 11.5 Å². The van der Waals surface area contributed by atoms with E-state index in [4.69, 9.17) is 11.6 Å². The average Bonchev–Trinajstić information content (AvgIpc) is 2.61. The summed E-state index contributed by atoms with van der Waals surface area (Å²) in [4.78, 5) is 0. The quantitative estimate of drug-likeness (QED) is 0.362. The first-order valence-electron chi connectivity index (χ1n) is 8.23. The number of halogens is 9. The molecule has 0 heterocycles. The number of alkyl halides is 5. The minimum absolute atomic E-state index is 0.0189. The molecule has 0 saturated heterocycles. The predicted molar refractivity (Wildman–Crippen MR) is 94.4 cm³/mol. The molecule has 164 valence electrons. The third-order valence-corrected chi connectivity index (χ3v) is 4.11. The fourth-order valence-corrected chi connectivity index (χ4v) is 2.80. The first kappa shape index (κ1) is 22.7. The topological polar surface area (TPSA) is 18.5 Å². The molecule has 3 aromatic carbocycles. The van der Waals surface area contributed by atoms with E-state index in [1.807, 2.05) is 0 Å². The van der Waals surface area contributed by atoms with E-state index in [1.54, 1.807) is 0 Å². The molecule has 0 bridgehead atoms. The van der Waals surface area contributed by atoms with Crippen molar-refractivity contribution in [3.05, 3.63) is 82.6 Å². The Morgan fingerprint density at radius 1 is 0.645 bits per heavy atom. The maximum atomic E-state index is 14.4. The molecule has 0 amide bonds. The Morgan fingerprint density at radius 2 is 1.16 bits per heavy atom. The van der Waals surface area contributed by atoms with Crippen LogP contribution in [-0.2, 0) is 6.11 Å². The number of hydrogen-bond acceptors (Lipinski definition) is 2. The van der Waals surface area contributed by atoms with Crippen molar-refractivity contribution in [1.82, 2.24) is 0 Å². The van der Waals surface area contributed by atoms with Crippen molar-refractivity contribution < 1.29 is 44.6 Å². The zero-order valence-corrected chi connectivity index (χ0v) is 15.7. The smallest absolute Gasteiger partial charge is 0.429 e. The molecule has 11 heteroatoms. The molecular weight excluding hydrogens is 460 g/mol. The molecule has 0 N–H and O–H groups in total. The van der Waals surface area contributed by atoms with Crippen LogP contribution in [0.4, 0.5) is 35.1 Å². The summed E-state index contributed by atoms with van der Waals surface area (Å²) in [6, 6.07) is 6.97. The Bertz CT molecular complexity index is 1070. The van der Waals surface area contributed by atoms with E-state index in [-0.39, 0.29) is 16.1 Å². The van der Waals surface area contributed by atoms with Crippen molar-refractivity contribution in [2.45, 2.75) is 12.5 Å². The summed E-state index contributed by atoms with van der Waals surface area (Å²) in [7, 11) is 0. The molecule has 3 aromatic rings. The van der Waals surface area contributed by atoms with Gasteiger partial charge >= 0.3 is 12.5 Å². The highest BCUT2D eigenvalue weighted by atomic mass is 35.5. The second kappa shape index (κ2) is 8.26. The summed E-state index contributed by atoms with van der Waals surface area (Å²) >= 11 is 5.60. The Morgan fingerprint density at radius 3 is 1.65 bits per heavy atom. The third-order valence-electron chi connectivity index (χ3n) is 3.88. The Labute approximate surface area is 174 Å². The molecule has 0 aliphatic heterocycles. The van der Waals surface area contributed by atoms with Crippen LogP contribution in [0.2, 0.25) is 5.02 Å². The summed E-state index contributed by atoms with van der Waals surface area (Å²) in [5.41, 5.74) is -2.41. The van der Waals surface area contributed by atoms with Gasteiger partial charge in [-0.1, -0.05) is 11.6 Å². The van der Waals surface area contributed by atoms with Crippen molar-refractivity contribution in [1.29, 1.82) is 0 Å². The van der Waals surface area contributed by atoms with Crippen LogP contribution in [0.1, 0.15) is 5.56 Å². The highest BCUT2D eigenvalue weighted by Crippen LogP contribution is 2.38. The third kappa shape index (κ3) is 5.38. The number of ether oxygens (including phenoxy) is 2. The van der Waals surface area contributed by atoms with E-state index in [1.165, 1.54) is 6.07 Å². The second-order valence-corrected chi connectivity index (χ2v) is 6.51. The molecule has 31 heavy (non-hydrogen) atoms. The molecule has 0 aliphatic carbocycles. The lowest BCUT2D eigenvalue weighted by atomic mass is 10.0. The van der Waals surface area contributed by atoms with Crippen LogP contribution in [0.3, 0.4) is 0 Å². The minimum atomic E-state index is -5.00. The standard InChI is InChI=1S/C20H9ClF8O2/c21-11-1-6-14(15(22)9-11)10-7-16(23)18(17(24)8-10)19(25,26)30-12-2-4-13(5-3-12)31-20(27,28)29/h1-9H. The number of benzene rings is 3. The van der Waals surface area contributed by atoms with Gasteiger partial charge in [0.25, 0.3) is 0 Å². The zero-order valence-electron chi connectivity index (χ0n) is 14.9. The van der Waals surface area contributed by atoms with Gasteiger partial charge in [-0.3, -0.25) is 0 Å². The highest BCUT2D eigenvalue weighted by molar-refractivity contribution is 6.30. The average molecular weight is 469 g/mol. The van der Waals surface area contributed by atoms with Gasteiger partial charge in [-0.05, 0) is 60.2 Å². The Kier molecular flexibility index (Phi) is 6.04. The Hall–Kier alpha value is -3.01. The predicted octanol–water partition coefficient (Wildman–Crippen LogP) is 7.45. The van der Waals surface area contributed by atoms with Gasteiger partial charge < -0.3 is 9.47 Å². The van der Waals surface area contributed by atoms with Crippen LogP contribution in [0.25, 0.3) is 11.1 Å². The highest BCUT2D eigenvalue weighted by Gasteiger charge is 2.41. The molecule has 0 spiro atoms. The lowest BCUT2D eigenvalue weighted by molar-refractivity contribution is -0.274. The van der Waals surface area contributed by atoms with Gasteiger partial charge in [-0.2, -0.15) is 8.78 Å². The van der Waals surface area contributed by atoms with E-state index in [0.717, 1.165) is 12.1 Å². The maximum Gasteiger partial charge on any atom is 0.573 e. The SMILES string of the molecule is Fc1cc(Cl)ccc1-c1cc(F)c(C(F)(F)Oc2ccc(OC(F)(F)F)cc2)c(F)c1. The summed E-state index contributed by atoms with van der Waals surface area (Å²) < 4.78 is 116. The maximum absolute atomic E-state index is 14.4. The molecule has 0 unspecified atom stereocenters.